The number of primary amides is 2. The molecule has 0 unspecified atom stereocenters. The number of nitrogens with two attached hydrogens (primary N) is 2. The molecule has 0 aliphatic rings. The van der Waals surface area contributed by atoms with E-state index in [1.54, 1.807) is 6.07 Å². The van der Waals surface area contributed by atoms with Gasteiger partial charge in [0, 0.05) is 0 Å². The lowest BCUT2D eigenvalue weighted by Crippen LogP contribution is -2.40. The molecular formula is C11H11FN4O2. The van der Waals surface area contributed by atoms with Crippen LogP contribution in [-0.4, -0.2) is 24.9 Å². The molecule has 0 atom stereocenters. The number of anilines is 1. The number of nitriles is 1. The molecule has 0 aromatic heterocycles. The maximum atomic E-state index is 13.0. The molecule has 94 valence electrons. The third-order valence-corrected chi connectivity index (χ3v) is 2.11. The van der Waals surface area contributed by atoms with Crippen LogP contribution >= 0.6 is 0 Å². The van der Waals surface area contributed by atoms with E-state index in [-0.39, 0.29) is 24.3 Å². The van der Waals surface area contributed by atoms with Gasteiger partial charge in [-0.3, -0.25) is 9.59 Å². The van der Waals surface area contributed by atoms with Crippen molar-refractivity contribution in [2.75, 3.05) is 18.0 Å². The lowest BCUT2D eigenvalue weighted by Gasteiger charge is -2.22. The van der Waals surface area contributed by atoms with E-state index >= 15 is 0 Å². The Kier molecular flexibility index (Phi) is 4.21. The Morgan fingerprint density at radius 3 is 2.28 bits per heavy atom. The number of rotatable bonds is 5. The first-order chi connectivity index (χ1) is 8.43. The van der Waals surface area contributed by atoms with Gasteiger partial charge in [-0.05, 0) is 18.2 Å². The Balaban J connectivity index is 3.15. The van der Waals surface area contributed by atoms with E-state index in [2.05, 4.69) is 0 Å². The average Bonchev–Trinajstić information content (AvgIpc) is 2.26. The van der Waals surface area contributed by atoms with E-state index in [1.165, 1.54) is 11.0 Å². The van der Waals surface area contributed by atoms with Gasteiger partial charge in [0.2, 0.25) is 11.8 Å². The van der Waals surface area contributed by atoms with Crippen LogP contribution < -0.4 is 16.4 Å². The van der Waals surface area contributed by atoms with Crippen LogP contribution in [0.5, 0.6) is 0 Å². The van der Waals surface area contributed by atoms with Crippen molar-refractivity contribution < 1.29 is 14.0 Å². The summed E-state index contributed by atoms with van der Waals surface area (Å²) in [5.41, 5.74) is 10.3. The summed E-state index contributed by atoms with van der Waals surface area (Å²) in [7, 11) is 0. The molecule has 0 spiro atoms. The summed E-state index contributed by atoms with van der Waals surface area (Å²) in [6.45, 7) is -0.577. The summed E-state index contributed by atoms with van der Waals surface area (Å²) < 4.78 is 13.0. The predicted octanol–water partition coefficient (Wildman–Crippen LogP) is -0.526. The molecule has 0 aliphatic carbocycles. The Labute approximate surface area is 103 Å². The fourth-order valence-corrected chi connectivity index (χ4v) is 1.48. The number of hydrogen-bond acceptors (Lipinski definition) is 4. The van der Waals surface area contributed by atoms with Crippen molar-refractivity contribution in [3.05, 3.63) is 29.6 Å². The van der Waals surface area contributed by atoms with Crippen molar-refractivity contribution >= 4 is 17.5 Å². The molecule has 2 amide bonds. The van der Waals surface area contributed by atoms with Crippen molar-refractivity contribution in [3.63, 3.8) is 0 Å². The van der Waals surface area contributed by atoms with Gasteiger partial charge in [0.25, 0.3) is 0 Å². The second kappa shape index (κ2) is 5.63. The summed E-state index contributed by atoms with van der Waals surface area (Å²) in [5, 5.41) is 8.88. The largest absolute Gasteiger partial charge is 0.368 e. The van der Waals surface area contributed by atoms with Crippen molar-refractivity contribution in [3.8, 4) is 6.07 Å². The summed E-state index contributed by atoms with van der Waals surface area (Å²) in [5.74, 6) is -1.97. The van der Waals surface area contributed by atoms with E-state index < -0.39 is 17.6 Å². The molecule has 0 saturated heterocycles. The smallest absolute Gasteiger partial charge is 0.236 e. The molecule has 0 fully saturated rings. The van der Waals surface area contributed by atoms with Crippen LogP contribution in [0.25, 0.3) is 0 Å². The van der Waals surface area contributed by atoms with Crippen LogP contribution in [-0.2, 0) is 9.59 Å². The minimum atomic E-state index is -0.690. The molecular weight excluding hydrogens is 239 g/mol. The maximum Gasteiger partial charge on any atom is 0.236 e. The van der Waals surface area contributed by atoms with E-state index in [4.69, 9.17) is 16.7 Å². The Hall–Kier alpha value is -2.62. The molecule has 18 heavy (non-hydrogen) atoms. The third kappa shape index (κ3) is 3.45. The van der Waals surface area contributed by atoms with Gasteiger partial charge in [-0.25, -0.2) is 4.39 Å². The zero-order chi connectivity index (χ0) is 13.7. The predicted molar refractivity (Wildman–Crippen MR) is 61.7 cm³/mol. The van der Waals surface area contributed by atoms with Crippen LogP contribution in [0, 0.1) is 17.1 Å². The van der Waals surface area contributed by atoms with Gasteiger partial charge in [-0.15, -0.1) is 0 Å². The lowest BCUT2D eigenvalue weighted by molar-refractivity contribution is -0.117. The summed E-state index contributed by atoms with van der Waals surface area (Å²) >= 11 is 0. The zero-order valence-corrected chi connectivity index (χ0v) is 9.39. The van der Waals surface area contributed by atoms with Crippen LogP contribution in [0.15, 0.2) is 18.2 Å². The molecule has 1 aromatic carbocycles. The normalized spacial score (nSPS) is 9.56. The van der Waals surface area contributed by atoms with Gasteiger partial charge in [-0.1, -0.05) is 0 Å². The highest BCUT2D eigenvalue weighted by Crippen LogP contribution is 2.20. The zero-order valence-electron chi connectivity index (χ0n) is 9.39. The average molecular weight is 250 g/mol. The molecule has 7 heteroatoms. The quantitative estimate of drug-likeness (QED) is 0.731. The van der Waals surface area contributed by atoms with E-state index in [0.29, 0.717) is 0 Å². The molecule has 1 rings (SSSR count). The number of benzene rings is 1. The Bertz CT molecular complexity index is 508. The van der Waals surface area contributed by atoms with Crippen LogP contribution in [0.3, 0.4) is 0 Å². The molecule has 0 radical (unpaired) electrons. The highest BCUT2D eigenvalue weighted by molar-refractivity contribution is 5.85. The first-order valence-corrected chi connectivity index (χ1v) is 4.95. The second-order valence-corrected chi connectivity index (χ2v) is 3.56. The maximum absolute atomic E-state index is 13.0. The molecule has 0 aliphatic heterocycles. The van der Waals surface area contributed by atoms with Gasteiger partial charge in [0.1, 0.15) is 11.9 Å². The summed E-state index contributed by atoms with van der Waals surface area (Å²) in [4.78, 5) is 23.0. The molecule has 6 nitrogen and oxygen atoms in total. The van der Waals surface area contributed by atoms with Crippen molar-refractivity contribution in [2.45, 2.75) is 0 Å². The summed E-state index contributed by atoms with van der Waals surface area (Å²) in [6.07, 6.45) is 0. The molecule has 4 N–H and O–H groups in total. The molecule has 0 heterocycles. The van der Waals surface area contributed by atoms with Gasteiger partial charge in [0.15, 0.2) is 0 Å². The van der Waals surface area contributed by atoms with Gasteiger partial charge in [0.05, 0.1) is 24.3 Å². The molecule has 1 aromatic rings. The SMILES string of the molecule is N#Cc1cc(F)ccc1N(CC(N)=O)CC(N)=O. The number of hydrogen-bond donors (Lipinski definition) is 2. The van der Waals surface area contributed by atoms with Crippen LogP contribution in [0.2, 0.25) is 0 Å². The van der Waals surface area contributed by atoms with E-state index in [1.807, 2.05) is 0 Å². The Morgan fingerprint density at radius 2 is 1.83 bits per heavy atom. The number of carbonyl (C=O) groups is 2. The monoisotopic (exact) mass is 250 g/mol. The first kappa shape index (κ1) is 13.4. The van der Waals surface area contributed by atoms with E-state index in [9.17, 15) is 14.0 Å². The topological polar surface area (TPSA) is 113 Å². The minimum Gasteiger partial charge on any atom is -0.368 e. The lowest BCUT2D eigenvalue weighted by atomic mass is 10.1. The number of nitrogens with zero attached hydrogens (tertiary/aromatic N) is 2. The van der Waals surface area contributed by atoms with Crippen molar-refractivity contribution in [2.24, 2.45) is 11.5 Å². The van der Waals surface area contributed by atoms with Crippen LogP contribution in [0.4, 0.5) is 10.1 Å². The third-order valence-electron chi connectivity index (χ3n) is 2.11. The minimum absolute atomic E-state index is 0.00231. The highest BCUT2D eigenvalue weighted by Gasteiger charge is 2.16. The fraction of sp³-hybridized carbons (Fsp3) is 0.182. The van der Waals surface area contributed by atoms with Gasteiger partial charge < -0.3 is 16.4 Å². The van der Waals surface area contributed by atoms with Gasteiger partial charge in [-0.2, -0.15) is 5.26 Å². The number of carbonyl (C=O) groups excluding carboxylic acids is 2. The van der Waals surface area contributed by atoms with Gasteiger partial charge >= 0.3 is 0 Å². The van der Waals surface area contributed by atoms with Crippen molar-refractivity contribution in [1.82, 2.24) is 0 Å². The van der Waals surface area contributed by atoms with E-state index in [0.717, 1.165) is 12.1 Å². The molecule has 0 bridgehead atoms. The fourth-order valence-electron chi connectivity index (χ4n) is 1.48. The number of amides is 2. The van der Waals surface area contributed by atoms with Crippen molar-refractivity contribution in [1.29, 1.82) is 5.26 Å². The highest BCUT2D eigenvalue weighted by atomic mass is 19.1. The summed E-state index contributed by atoms with van der Waals surface area (Å²) in [6, 6.07) is 5.19. The molecule has 0 saturated carbocycles. The van der Waals surface area contributed by atoms with Crippen LogP contribution in [0.1, 0.15) is 5.56 Å². The Morgan fingerprint density at radius 1 is 1.28 bits per heavy atom. The standard InChI is InChI=1S/C11H11FN4O2/c12-8-1-2-9(7(3-8)4-13)16(5-10(14)17)6-11(15)18/h1-3H,5-6H2,(H2,14,17)(H2,15,18). The first-order valence-electron chi connectivity index (χ1n) is 4.95. The number of halogens is 1. The second-order valence-electron chi connectivity index (χ2n) is 3.56.